The lowest BCUT2D eigenvalue weighted by Crippen LogP contribution is -2.12. The zero-order valence-corrected chi connectivity index (χ0v) is 14.6. The third-order valence-corrected chi connectivity index (χ3v) is 3.78. The first-order valence-electron chi connectivity index (χ1n) is 7.40. The van der Waals surface area contributed by atoms with Crippen LogP contribution in [0.5, 0.6) is 5.75 Å². The standard InChI is InChI=1S/C17H13Cl2N3O3/c1-2-24-12-6-3-10(4-7-12)16-21-22-17(25-16)20-15(23)13-8-5-11(18)9-14(13)19/h3-9H,2H2,1H3,(H,20,22,23). The van der Waals surface area contributed by atoms with Gasteiger partial charge in [-0.2, -0.15) is 0 Å². The number of hydrogen-bond acceptors (Lipinski definition) is 5. The van der Waals surface area contributed by atoms with E-state index in [1.165, 1.54) is 12.1 Å². The molecule has 0 aliphatic rings. The average molecular weight is 378 g/mol. The number of halogens is 2. The van der Waals surface area contributed by atoms with Crippen LogP contribution in [0.1, 0.15) is 17.3 Å². The number of benzene rings is 2. The summed E-state index contributed by atoms with van der Waals surface area (Å²) in [6, 6.07) is 11.7. The number of nitrogens with one attached hydrogen (secondary N) is 1. The van der Waals surface area contributed by atoms with Gasteiger partial charge in [-0.3, -0.25) is 10.1 Å². The predicted molar refractivity (Wildman–Crippen MR) is 95.3 cm³/mol. The van der Waals surface area contributed by atoms with Crippen LogP contribution >= 0.6 is 23.2 Å². The molecular formula is C17H13Cl2N3O3. The molecule has 1 amide bonds. The van der Waals surface area contributed by atoms with Crippen LogP contribution in [0.15, 0.2) is 46.9 Å². The van der Waals surface area contributed by atoms with Crippen molar-refractivity contribution in [3.8, 4) is 17.2 Å². The number of anilines is 1. The fourth-order valence-corrected chi connectivity index (χ4v) is 2.58. The molecule has 0 saturated heterocycles. The number of hydrogen-bond donors (Lipinski definition) is 1. The molecule has 3 rings (SSSR count). The molecule has 1 heterocycles. The first-order chi connectivity index (χ1) is 12.1. The SMILES string of the molecule is CCOc1ccc(-c2nnc(NC(=O)c3ccc(Cl)cc3Cl)o2)cc1. The van der Waals surface area contributed by atoms with Gasteiger partial charge >= 0.3 is 6.01 Å². The van der Waals surface area contributed by atoms with Crippen molar-refractivity contribution in [1.82, 2.24) is 10.2 Å². The fourth-order valence-electron chi connectivity index (χ4n) is 2.09. The highest BCUT2D eigenvalue weighted by atomic mass is 35.5. The molecule has 0 unspecified atom stereocenters. The second kappa shape index (κ2) is 7.55. The van der Waals surface area contributed by atoms with Gasteiger partial charge in [-0.05, 0) is 49.4 Å². The minimum absolute atomic E-state index is 0.0279. The van der Waals surface area contributed by atoms with Crippen molar-refractivity contribution in [2.45, 2.75) is 6.92 Å². The fraction of sp³-hybridized carbons (Fsp3) is 0.118. The number of nitrogens with zero attached hydrogens (tertiary/aromatic N) is 2. The second-order valence-corrected chi connectivity index (χ2v) is 5.79. The Hall–Kier alpha value is -2.57. The minimum Gasteiger partial charge on any atom is -0.494 e. The monoisotopic (exact) mass is 377 g/mol. The second-order valence-electron chi connectivity index (χ2n) is 4.95. The van der Waals surface area contributed by atoms with Crippen LogP contribution in [0, 0.1) is 0 Å². The van der Waals surface area contributed by atoms with Crippen molar-refractivity contribution < 1.29 is 13.9 Å². The van der Waals surface area contributed by atoms with Gasteiger partial charge in [0.1, 0.15) is 5.75 Å². The van der Waals surface area contributed by atoms with Crippen LogP contribution in [-0.4, -0.2) is 22.7 Å². The summed E-state index contributed by atoms with van der Waals surface area (Å²) in [6.07, 6.45) is 0. The Balaban J connectivity index is 1.74. The molecule has 8 heteroatoms. The maximum atomic E-state index is 12.2. The van der Waals surface area contributed by atoms with Crippen LogP contribution in [-0.2, 0) is 0 Å². The molecular weight excluding hydrogens is 365 g/mol. The van der Waals surface area contributed by atoms with E-state index in [0.29, 0.717) is 17.2 Å². The number of rotatable bonds is 5. The molecule has 0 atom stereocenters. The van der Waals surface area contributed by atoms with E-state index in [1.807, 2.05) is 6.92 Å². The van der Waals surface area contributed by atoms with E-state index < -0.39 is 5.91 Å². The molecule has 0 saturated carbocycles. The zero-order chi connectivity index (χ0) is 17.8. The van der Waals surface area contributed by atoms with E-state index in [-0.39, 0.29) is 22.5 Å². The Labute approximate surface area is 153 Å². The van der Waals surface area contributed by atoms with Crippen LogP contribution < -0.4 is 10.1 Å². The van der Waals surface area contributed by atoms with Gasteiger partial charge in [0, 0.05) is 10.6 Å². The van der Waals surface area contributed by atoms with Gasteiger partial charge in [0.2, 0.25) is 5.89 Å². The Bertz CT molecular complexity index is 894. The van der Waals surface area contributed by atoms with E-state index in [1.54, 1.807) is 30.3 Å². The predicted octanol–water partition coefficient (Wildman–Crippen LogP) is 4.69. The Morgan fingerprint density at radius 2 is 1.92 bits per heavy atom. The lowest BCUT2D eigenvalue weighted by Gasteiger charge is -2.03. The van der Waals surface area contributed by atoms with Crippen LogP contribution in [0.3, 0.4) is 0 Å². The Morgan fingerprint density at radius 3 is 2.60 bits per heavy atom. The van der Waals surface area contributed by atoms with Gasteiger partial charge in [0.25, 0.3) is 5.91 Å². The molecule has 0 aliphatic heterocycles. The van der Waals surface area contributed by atoms with Gasteiger partial charge in [-0.1, -0.05) is 28.3 Å². The van der Waals surface area contributed by atoms with Crippen LogP contribution in [0.4, 0.5) is 6.01 Å². The molecule has 1 aromatic heterocycles. The molecule has 3 aromatic rings. The van der Waals surface area contributed by atoms with Crippen molar-refractivity contribution in [2.75, 3.05) is 11.9 Å². The topological polar surface area (TPSA) is 77.3 Å². The maximum absolute atomic E-state index is 12.2. The van der Waals surface area contributed by atoms with Gasteiger partial charge < -0.3 is 9.15 Å². The van der Waals surface area contributed by atoms with Crippen LogP contribution in [0.25, 0.3) is 11.5 Å². The molecule has 1 N–H and O–H groups in total. The molecule has 6 nitrogen and oxygen atoms in total. The van der Waals surface area contributed by atoms with Gasteiger partial charge in [0.05, 0.1) is 17.2 Å². The van der Waals surface area contributed by atoms with Crippen molar-refractivity contribution in [1.29, 1.82) is 0 Å². The highest BCUT2D eigenvalue weighted by Crippen LogP contribution is 2.24. The van der Waals surface area contributed by atoms with Crippen molar-refractivity contribution in [3.05, 3.63) is 58.1 Å². The summed E-state index contributed by atoms with van der Waals surface area (Å²) >= 11 is 11.8. The maximum Gasteiger partial charge on any atom is 0.322 e. The quantitative estimate of drug-likeness (QED) is 0.697. The summed E-state index contributed by atoms with van der Waals surface area (Å²) in [5.74, 6) is 0.556. The number of ether oxygens (including phenoxy) is 1. The molecule has 0 radical (unpaired) electrons. The summed E-state index contributed by atoms with van der Waals surface area (Å²) in [7, 11) is 0. The van der Waals surface area contributed by atoms with Gasteiger partial charge in [-0.25, -0.2) is 0 Å². The molecule has 0 bridgehead atoms. The lowest BCUT2D eigenvalue weighted by atomic mass is 10.2. The number of carbonyl (C=O) groups excluding carboxylic acids is 1. The largest absolute Gasteiger partial charge is 0.494 e. The lowest BCUT2D eigenvalue weighted by molar-refractivity contribution is 0.102. The molecule has 128 valence electrons. The minimum atomic E-state index is -0.469. The zero-order valence-electron chi connectivity index (χ0n) is 13.1. The van der Waals surface area contributed by atoms with Crippen molar-refractivity contribution >= 4 is 35.1 Å². The highest BCUT2D eigenvalue weighted by molar-refractivity contribution is 6.37. The summed E-state index contributed by atoms with van der Waals surface area (Å²) in [4.78, 5) is 12.2. The third-order valence-electron chi connectivity index (χ3n) is 3.23. The van der Waals surface area contributed by atoms with Crippen molar-refractivity contribution in [3.63, 3.8) is 0 Å². The van der Waals surface area contributed by atoms with E-state index in [9.17, 15) is 4.79 Å². The molecule has 2 aromatic carbocycles. The average Bonchev–Trinajstić information content (AvgIpc) is 3.04. The highest BCUT2D eigenvalue weighted by Gasteiger charge is 2.15. The Morgan fingerprint density at radius 1 is 1.16 bits per heavy atom. The normalized spacial score (nSPS) is 10.5. The first kappa shape index (κ1) is 17.3. The molecule has 0 fully saturated rings. The van der Waals surface area contributed by atoms with Crippen LogP contribution in [0.2, 0.25) is 10.0 Å². The van der Waals surface area contributed by atoms with E-state index >= 15 is 0 Å². The van der Waals surface area contributed by atoms with E-state index in [0.717, 1.165) is 5.75 Å². The molecule has 25 heavy (non-hydrogen) atoms. The smallest absolute Gasteiger partial charge is 0.322 e. The van der Waals surface area contributed by atoms with Crippen molar-refractivity contribution in [2.24, 2.45) is 0 Å². The van der Waals surface area contributed by atoms with Gasteiger partial charge in [0.15, 0.2) is 0 Å². The summed E-state index contributed by atoms with van der Waals surface area (Å²) in [6.45, 7) is 2.50. The summed E-state index contributed by atoms with van der Waals surface area (Å²) < 4.78 is 10.8. The third kappa shape index (κ3) is 4.10. The summed E-state index contributed by atoms with van der Waals surface area (Å²) in [5, 5.41) is 10.9. The number of carbonyl (C=O) groups is 1. The van der Waals surface area contributed by atoms with Gasteiger partial charge in [-0.15, -0.1) is 5.10 Å². The molecule has 0 spiro atoms. The first-order valence-corrected chi connectivity index (χ1v) is 8.15. The van der Waals surface area contributed by atoms with E-state index in [4.69, 9.17) is 32.4 Å². The van der Waals surface area contributed by atoms with E-state index in [2.05, 4.69) is 15.5 Å². The number of amides is 1. The Kier molecular flexibility index (Phi) is 5.21. The number of aromatic nitrogens is 2. The molecule has 0 aliphatic carbocycles. The summed E-state index contributed by atoms with van der Waals surface area (Å²) in [5.41, 5.74) is 0.966.